The van der Waals surface area contributed by atoms with Crippen molar-refractivity contribution in [2.75, 3.05) is 0 Å². The Kier molecular flexibility index (Phi) is 7.17. The van der Waals surface area contributed by atoms with Crippen molar-refractivity contribution in [3.05, 3.63) is 132 Å². The third-order valence-corrected chi connectivity index (χ3v) is 8.45. The molecule has 0 aliphatic heterocycles. The van der Waals surface area contributed by atoms with Gasteiger partial charge >= 0.3 is 0 Å². The van der Waals surface area contributed by atoms with Gasteiger partial charge in [0.15, 0.2) is 17.4 Å². The number of rotatable bonds is 4. The van der Waals surface area contributed by atoms with Crippen LogP contribution in [0.1, 0.15) is 51.3 Å². The summed E-state index contributed by atoms with van der Waals surface area (Å²) in [5.41, 5.74) is 8.61. The van der Waals surface area contributed by atoms with Gasteiger partial charge in [0, 0.05) is 50.6 Å². The predicted octanol–water partition coefficient (Wildman–Crippen LogP) is 9.19. The fourth-order valence-electron chi connectivity index (χ4n) is 6.08. The van der Waals surface area contributed by atoms with Crippen LogP contribution in [0.15, 0.2) is 104 Å². The van der Waals surface area contributed by atoms with E-state index in [1.54, 1.807) is 0 Å². The molecular formula is C38H35N4Pt-. The van der Waals surface area contributed by atoms with E-state index < -0.39 is 0 Å². The summed E-state index contributed by atoms with van der Waals surface area (Å²) < 4.78 is 6.84. The first kappa shape index (κ1) is 29.1. The van der Waals surface area contributed by atoms with Crippen molar-refractivity contribution in [2.24, 2.45) is 0 Å². The molecule has 7 rings (SSSR count). The number of para-hydroxylation sites is 3. The second-order valence-electron chi connectivity index (χ2n) is 12.8. The maximum Gasteiger partial charge on any atom is 0.188 e. The Morgan fingerprint density at radius 2 is 1.40 bits per heavy atom. The van der Waals surface area contributed by atoms with Gasteiger partial charge in [0.1, 0.15) is 5.82 Å². The summed E-state index contributed by atoms with van der Waals surface area (Å²) in [6.07, 6.45) is 4.09. The normalized spacial score (nSPS) is 12.2. The number of nitrogens with zero attached hydrogens (tertiary/aromatic N) is 4. The number of benzene rings is 4. The summed E-state index contributed by atoms with van der Waals surface area (Å²) in [4.78, 5) is 4.75. The molecule has 0 radical (unpaired) electrons. The van der Waals surface area contributed by atoms with Crippen LogP contribution in [0.3, 0.4) is 0 Å². The molecule has 3 heterocycles. The van der Waals surface area contributed by atoms with Gasteiger partial charge in [-0.2, -0.15) is 35.9 Å². The third-order valence-electron chi connectivity index (χ3n) is 8.45. The van der Waals surface area contributed by atoms with Crippen LogP contribution in [0.25, 0.3) is 44.3 Å². The molecular weight excluding hydrogens is 708 g/mol. The number of hydrogen-bond acceptors (Lipinski definition) is 1. The van der Waals surface area contributed by atoms with Crippen molar-refractivity contribution < 1.29 is 21.1 Å². The van der Waals surface area contributed by atoms with Crippen molar-refractivity contribution in [1.82, 2.24) is 18.7 Å². The third kappa shape index (κ3) is 4.82. The molecule has 0 amide bonds. The molecule has 218 valence electrons. The molecule has 0 aliphatic rings. The molecule has 0 bridgehead atoms. The molecule has 3 aromatic heterocycles. The van der Waals surface area contributed by atoms with E-state index in [1.165, 1.54) is 27.4 Å². The second-order valence-corrected chi connectivity index (χ2v) is 12.8. The number of fused-ring (bicyclic) bond motifs is 4. The van der Waals surface area contributed by atoms with Gasteiger partial charge in [0.05, 0.1) is 5.54 Å². The Bertz CT molecular complexity index is 2120. The van der Waals surface area contributed by atoms with E-state index in [9.17, 15) is 0 Å². The van der Waals surface area contributed by atoms with Crippen LogP contribution in [-0.2, 0) is 32.0 Å². The molecule has 0 saturated heterocycles. The molecule has 0 unspecified atom stereocenters. The van der Waals surface area contributed by atoms with Gasteiger partial charge < -0.3 is 4.57 Å². The maximum atomic E-state index is 4.75. The first-order valence-electron chi connectivity index (χ1n) is 14.6. The molecule has 7 aromatic rings. The number of pyridine rings is 1. The SMILES string of the molecule is Cc1ccnc(-n2c3[c-]c(C(C)(C)c4[c-]c(-n5[cH+]n(C(C)(C)C)c6ccccc65)ccc4)ccc3c3ccccc32)c1.[Pt]. The monoisotopic (exact) mass is 742 g/mol. The van der Waals surface area contributed by atoms with Gasteiger partial charge in [0.2, 0.25) is 0 Å². The zero-order chi connectivity index (χ0) is 29.2. The van der Waals surface area contributed by atoms with Crippen LogP contribution in [0.5, 0.6) is 0 Å². The molecule has 0 N–H and O–H groups in total. The molecule has 0 saturated carbocycles. The fourth-order valence-corrected chi connectivity index (χ4v) is 6.08. The number of aromatic nitrogens is 4. The molecule has 5 heteroatoms. The minimum atomic E-state index is -0.339. The Morgan fingerprint density at radius 1 is 0.698 bits per heavy atom. The van der Waals surface area contributed by atoms with Crippen LogP contribution in [0, 0.1) is 19.1 Å². The van der Waals surface area contributed by atoms with Crippen molar-refractivity contribution >= 4 is 32.8 Å². The predicted molar refractivity (Wildman–Crippen MR) is 174 cm³/mol. The van der Waals surface area contributed by atoms with Crippen molar-refractivity contribution in [3.63, 3.8) is 0 Å². The standard InChI is InChI=1S/C38H35N4.Pt/c1-26-20-21-39-36(22-26)42-32-15-8-7-14-30(32)31-19-18-28(24-35(31)42)38(5,6)27-12-11-13-29(23-27)40-25-41(37(2,3)4)34-17-10-9-16-33(34)40;/h7-22,25H,1-6H3;/q-1;. The Labute approximate surface area is 267 Å². The molecule has 4 nitrogen and oxygen atoms in total. The quantitative estimate of drug-likeness (QED) is 0.165. The molecule has 0 spiro atoms. The van der Waals surface area contributed by atoms with Gasteiger partial charge in [-0.3, -0.25) is 0 Å². The van der Waals surface area contributed by atoms with E-state index in [-0.39, 0.29) is 32.0 Å². The minimum absolute atomic E-state index is 0. The summed E-state index contributed by atoms with van der Waals surface area (Å²) in [6.45, 7) is 13.4. The van der Waals surface area contributed by atoms with E-state index in [4.69, 9.17) is 4.98 Å². The van der Waals surface area contributed by atoms with Gasteiger partial charge in [-0.25, -0.2) is 14.1 Å². The Morgan fingerprint density at radius 3 is 2.14 bits per heavy atom. The van der Waals surface area contributed by atoms with Gasteiger partial charge in [-0.05, 0) is 74.4 Å². The average molecular weight is 743 g/mol. The first-order chi connectivity index (χ1) is 20.1. The summed E-state index contributed by atoms with van der Waals surface area (Å²) >= 11 is 0. The van der Waals surface area contributed by atoms with Crippen LogP contribution in [-0.4, -0.2) is 18.7 Å². The van der Waals surface area contributed by atoms with Gasteiger partial charge in [-0.1, -0.05) is 37.6 Å². The average Bonchev–Trinajstić information content (AvgIpc) is 3.54. The summed E-state index contributed by atoms with van der Waals surface area (Å²) in [5.74, 6) is 0.910. The zero-order valence-electron chi connectivity index (χ0n) is 25.4. The molecule has 0 atom stereocenters. The van der Waals surface area contributed by atoms with Crippen LogP contribution in [0.2, 0.25) is 0 Å². The Balaban J connectivity index is 0.00000329. The number of aryl methyl sites for hydroxylation is 1. The fraction of sp³-hybridized carbons (Fsp3) is 0.211. The smallest absolute Gasteiger partial charge is 0.188 e. The number of imidazole rings is 1. The van der Waals surface area contributed by atoms with E-state index in [0.29, 0.717) is 0 Å². The molecule has 4 aromatic carbocycles. The molecule has 0 aliphatic carbocycles. The van der Waals surface area contributed by atoms with Gasteiger partial charge in [0.25, 0.3) is 0 Å². The summed E-state index contributed by atoms with van der Waals surface area (Å²) in [5, 5.41) is 2.38. The largest absolute Gasteiger partial charge is 0.319 e. The topological polar surface area (TPSA) is 27.7 Å². The van der Waals surface area contributed by atoms with E-state index >= 15 is 0 Å². The summed E-state index contributed by atoms with van der Waals surface area (Å²) in [7, 11) is 0. The maximum absolute atomic E-state index is 4.75. The first-order valence-corrected chi connectivity index (χ1v) is 14.6. The molecule has 43 heavy (non-hydrogen) atoms. The Hall–Kier alpha value is -4.01. The second kappa shape index (κ2) is 10.6. The van der Waals surface area contributed by atoms with Crippen LogP contribution < -0.4 is 0 Å². The van der Waals surface area contributed by atoms with Crippen LogP contribution in [0.4, 0.5) is 0 Å². The van der Waals surface area contributed by atoms with Gasteiger partial charge in [-0.15, -0.1) is 23.1 Å². The number of hydrogen-bond donors (Lipinski definition) is 0. The van der Waals surface area contributed by atoms with E-state index in [1.807, 2.05) is 12.3 Å². The minimum Gasteiger partial charge on any atom is -0.319 e. The van der Waals surface area contributed by atoms with E-state index in [0.717, 1.165) is 33.7 Å². The molecule has 0 fully saturated rings. The summed E-state index contributed by atoms with van der Waals surface area (Å²) in [6, 6.07) is 39.9. The van der Waals surface area contributed by atoms with Crippen molar-refractivity contribution in [1.29, 1.82) is 0 Å². The van der Waals surface area contributed by atoms with E-state index in [2.05, 4.69) is 159 Å². The van der Waals surface area contributed by atoms with Crippen molar-refractivity contribution in [3.8, 4) is 11.5 Å². The van der Waals surface area contributed by atoms with Crippen LogP contribution >= 0.6 is 0 Å². The zero-order valence-corrected chi connectivity index (χ0v) is 27.7. The van der Waals surface area contributed by atoms with Crippen molar-refractivity contribution in [2.45, 2.75) is 52.5 Å².